The normalized spacial score (nSPS) is 20.6. The number of benzene rings is 2. The molecule has 0 saturated carbocycles. The van der Waals surface area contributed by atoms with Gasteiger partial charge in [0.05, 0.1) is 42.4 Å². The minimum absolute atomic E-state index is 0.0624. The van der Waals surface area contributed by atoms with Gasteiger partial charge >= 0.3 is 0 Å². The quantitative estimate of drug-likeness (QED) is 0.208. The van der Waals surface area contributed by atoms with Gasteiger partial charge in [-0.05, 0) is 43.4 Å². The van der Waals surface area contributed by atoms with Crippen molar-refractivity contribution in [3.8, 4) is 45.4 Å². The van der Waals surface area contributed by atoms with E-state index in [9.17, 15) is 9.59 Å². The molecule has 4 aromatic rings. The number of halogens is 2. The minimum atomic E-state index is -0.478. The summed E-state index contributed by atoms with van der Waals surface area (Å²) in [5.41, 5.74) is 5.43. The second kappa shape index (κ2) is 13.5. The molecule has 11 nitrogen and oxygen atoms in total. The molecule has 264 valence electrons. The second-order valence-electron chi connectivity index (χ2n) is 13.9. The molecule has 8 rings (SSSR count). The number of rotatable bonds is 10. The first-order chi connectivity index (χ1) is 24.7. The number of nitrogens with zero attached hydrogens (tertiary/aromatic N) is 4. The highest BCUT2D eigenvalue weighted by atomic mass is 35.5. The van der Waals surface area contributed by atoms with E-state index in [1.54, 1.807) is 37.6 Å². The molecule has 3 aliphatic heterocycles. The zero-order valence-electron chi connectivity index (χ0n) is 28.5. The molecule has 3 saturated heterocycles. The van der Waals surface area contributed by atoms with Crippen molar-refractivity contribution in [2.75, 3.05) is 33.9 Å². The van der Waals surface area contributed by atoms with Gasteiger partial charge in [0.25, 0.3) is 0 Å². The molecule has 13 heteroatoms. The van der Waals surface area contributed by atoms with E-state index in [1.165, 1.54) is 7.11 Å². The number of methoxy groups -OCH3 is 2. The maximum Gasteiger partial charge on any atom is 0.237 e. The summed E-state index contributed by atoms with van der Waals surface area (Å²) in [6.07, 6.45) is 6.09. The molecule has 2 amide bonds. The molecule has 5 heterocycles. The lowest BCUT2D eigenvalue weighted by Crippen LogP contribution is -2.66. The maximum atomic E-state index is 16.4. The van der Waals surface area contributed by atoms with Gasteiger partial charge in [0.1, 0.15) is 11.5 Å². The number of likely N-dealkylation sites (tertiary alicyclic amines) is 1. The SMILES string of the molecule is COc1nc(-c2cccc(-c3cccc(-c4cc5c(c(OC)n4)[C@@H](NC[C@@H]4CCC(=O)N4)CC5)c3Cl)c2F)cnc1CN1CC2(CCC(=O)N2)C1. The molecule has 2 aromatic carbocycles. The highest BCUT2D eigenvalue weighted by Gasteiger charge is 2.47. The Labute approximate surface area is 300 Å². The smallest absolute Gasteiger partial charge is 0.237 e. The molecule has 1 aliphatic carbocycles. The maximum absolute atomic E-state index is 16.4. The van der Waals surface area contributed by atoms with Gasteiger partial charge in [-0.25, -0.2) is 14.4 Å². The number of hydrogen-bond acceptors (Lipinski definition) is 9. The van der Waals surface area contributed by atoms with Crippen molar-refractivity contribution in [1.82, 2.24) is 35.8 Å². The van der Waals surface area contributed by atoms with Gasteiger partial charge in [0.2, 0.25) is 23.6 Å². The Bertz CT molecular complexity index is 2040. The van der Waals surface area contributed by atoms with Crippen LogP contribution in [0.25, 0.3) is 33.6 Å². The number of nitrogens with one attached hydrogen (secondary N) is 3. The van der Waals surface area contributed by atoms with Crippen LogP contribution in [-0.2, 0) is 22.6 Å². The summed E-state index contributed by atoms with van der Waals surface area (Å²) in [4.78, 5) is 39.7. The lowest BCUT2D eigenvalue weighted by Gasteiger charge is -2.47. The van der Waals surface area contributed by atoms with Crippen LogP contribution in [0.3, 0.4) is 0 Å². The van der Waals surface area contributed by atoms with Crippen LogP contribution >= 0.6 is 11.6 Å². The fourth-order valence-corrected chi connectivity index (χ4v) is 8.36. The Morgan fingerprint density at radius 2 is 1.69 bits per heavy atom. The number of hydrogen-bond donors (Lipinski definition) is 3. The van der Waals surface area contributed by atoms with Crippen LogP contribution in [0.15, 0.2) is 48.7 Å². The van der Waals surface area contributed by atoms with Crippen molar-refractivity contribution in [1.29, 1.82) is 0 Å². The molecule has 0 radical (unpaired) electrons. The Morgan fingerprint density at radius 1 is 0.941 bits per heavy atom. The molecule has 3 N–H and O–H groups in total. The highest BCUT2D eigenvalue weighted by Crippen LogP contribution is 2.43. The summed E-state index contributed by atoms with van der Waals surface area (Å²) in [7, 11) is 3.14. The van der Waals surface area contributed by atoms with Crippen LogP contribution in [0, 0.1) is 5.82 Å². The van der Waals surface area contributed by atoms with E-state index in [-0.39, 0.29) is 35.0 Å². The van der Waals surface area contributed by atoms with E-state index in [4.69, 9.17) is 26.1 Å². The van der Waals surface area contributed by atoms with Crippen LogP contribution in [0.2, 0.25) is 5.02 Å². The summed E-state index contributed by atoms with van der Waals surface area (Å²) < 4.78 is 27.8. The highest BCUT2D eigenvalue weighted by molar-refractivity contribution is 6.36. The van der Waals surface area contributed by atoms with Gasteiger partial charge in [-0.2, -0.15) is 0 Å². The summed E-state index contributed by atoms with van der Waals surface area (Å²) in [6, 6.07) is 12.9. The molecule has 51 heavy (non-hydrogen) atoms. The van der Waals surface area contributed by atoms with E-state index in [2.05, 4.69) is 30.8 Å². The number of pyridine rings is 1. The van der Waals surface area contributed by atoms with E-state index in [1.807, 2.05) is 18.2 Å². The first-order valence-electron chi connectivity index (χ1n) is 17.4. The van der Waals surface area contributed by atoms with Gasteiger partial charge < -0.3 is 25.4 Å². The van der Waals surface area contributed by atoms with Crippen LogP contribution in [0.4, 0.5) is 4.39 Å². The molecular weight excluding hydrogens is 673 g/mol. The molecular formula is C38H39ClFN7O4. The number of amides is 2. The molecule has 2 aromatic heterocycles. The lowest BCUT2D eigenvalue weighted by molar-refractivity contribution is -0.121. The third kappa shape index (κ3) is 6.30. The summed E-state index contributed by atoms with van der Waals surface area (Å²) >= 11 is 7.08. The molecule has 0 unspecified atom stereocenters. The van der Waals surface area contributed by atoms with Gasteiger partial charge in [0.15, 0.2) is 0 Å². The monoisotopic (exact) mass is 711 g/mol. The van der Waals surface area contributed by atoms with Crippen molar-refractivity contribution >= 4 is 23.4 Å². The van der Waals surface area contributed by atoms with Crippen LogP contribution < -0.4 is 25.4 Å². The Balaban J connectivity index is 1.04. The van der Waals surface area contributed by atoms with Gasteiger partial charge in [0, 0.05) is 78.9 Å². The number of aryl methyl sites for hydroxylation is 1. The predicted octanol–water partition coefficient (Wildman–Crippen LogP) is 5.00. The third-order valence-electron chi connectivity index (χ3n) is 10.6. The van der Waals surface area contributed by atoms with E-state index >= 15 is 4.39 Å². The van der Waals surface area contributed by atoms with Gasteiger partial charge in [-0.1, -0.05) is 41.9 Å². The summed E-state index contributed by atoms with van der Waals surface area (Å²) in [6.45, 7) is 2.69. The lowest BCUT2D eigenvalue weighted by atomic mass is 9.88. The van der Waals surface area contributed by atoms with Crippen molar-refractivity contribution in [3.63, 3.8) is 0 Å². The van der Waals surface area contributed by atoms with Crippen molar-refractivity contribution in [2.45, 2.75) is 62.7 Å². The molecule has 1 spiro atoms. The van der Waals surface area contributed by atoms with Crippen molar-refractivity contribution in [2.24, 2.45) is 0 Å². The number of fused-ring (bicyclic) bond motifs is 1. The molecule has 4 aliphatic rings. The Kier molecular flexibility index (Phi) is 8.85. The zero-order chi connectivity index (χ0) is 35.3. The number of carbonyl (C=O) groups excluding carboxylic acids is 2. The van der Waals surface area contributed by atoms with Crippen molar-refractivity contribution < 1.29 is 23.5 Å². The topological polar surface area (TPSA) is 131 Å². The minimum Gasteiger partial charge on any atom is -0.481 e. The van der Waals surface area contributed by atoms with Crippen LogP contribution in [0.5, 0.6) is 11.8 Å². The van der Waals surface area contributed by atoms with Crippen LogP contribution in [-0.4, -0.2) is 77.1 Å². The second-order valence-corrected chi connectivity index (χ2v) is 14.3. The number of carbonyl (C=O) groups is 2. The standard InChI is InChI=1S/C38H39ClFN7O4/c1-50-36-30(18-47-19-38(20-47)14-13-32(49)46-38)42-17-29(45-36)26-8-4-6-24(35(26)40)23-5-3-7-25(34(23)39)28-15-21-9-11-27(33(21)37(44-28)51-2)41-16-22-10-12-31(48)43-22/h3-8,15,17,22,27,41H,9-14,16,18-20H2,1-2H3,(H,43,48)(H,46,49)/t22-,27-/m0/s1. The Hall–Kier alpha value is -4.65. The first kappa shape index (κ1) is 33.5. The zero-order valence-corrected chi connectivity index (χ0v) is 29.3. The average Bonchev–Trinajstić information content (AvgIpc) is 3.85. The van der Waals surface area contributed by atoms with E-state index < -0.39 is 5.82 Å². The fourth-order valence-electron chi connectivity index (χ4n) is 8.04. The van der Waals surface area contributed by atoms with E-state index in [0.717, 1.165) is 49.9 Å². The Morgan fingerprint density at radius 3 is 2.41 bits per heavy atom. The molecule has 2 atom stereocenters. The summed E-state index contributed by atoms with van der Waals surface area (Å²) in [5.74, 6) is 0.574. The first-order valence-corrected chi connectivity index (χ1v) is 17.7. The average molecular weight is 712 g/mol. The predicted molar refractivity (Wildman–Crippen MR) is 190 cm³/mol. The largest absolute Gasteiger partial charge is 0.481 e. The number of ether oxygens (including phenoxy) is 2. The summed E-state index contributed by atoms with van der Waals surface area (Å²) in [5, 5.41) is 10.1. The molecule has 3 fully saturated rings. The van der Waals surface area contributed by atoms with Crippen LogP contribution in [0.1, 0.15) is 55.0 Å². The van der Waals surface area contributed by atoms with E-state index in [0.29, 0.717) is 76.5 Å². The molecule has 0 bridgehead atoms. The van der Waals surface area contributed by atoms with Gasteiger partial charge in [-0.3, -0.25) is 19.5 Å². The number of aromatic nitrogens is 3. The van der Waals surface area contributed by atoms with Crippen molar-refractivity contribution in [3.05, 3.63) is 76.3 Å². The van der Waals surface area contributed by atoms with Gasteiger partial charge in [-0.15, -0.1) is 0 Å². The third-order valence-corrected chi connectivity index (χ3v) is 11.0. The fraction of sp³-hybridized carbons (Fsp3) is 0.395.